The fourth-order valence-electron chi connectivity index (χ4n) is 3.21. The van der Waals surface area contributed by atoms with Crippen molar-refractivity contribution < 1.29 is 44.3 Å². The molecule has 0 bridgehead atoms. The molecule has 15 heteroatoms. The number of hydrogen-bond acceptors (Lipinski definition) is 3. The molecule has 3 rings (SSSR count). The van der Waals surface area contributed by atoms with Crippen LogP contribution >= 0.6 is 11.6 Å². The fraction of sp³-hybridized carbons (Fsp3) is 0.174. The summed E-state index contributed by atoms with van der Waals surface area (Å²) >= 11 is 6.21. The Morgan fingerprint density at radius 1 is 0.974 bits per heavy atom. The lowest BCUT2D eigenvalue weighted by Gasteiger charge is -2.16. The lowest BCUT2D eigenvalue weighted by molar-refractivity contribution is -0.140. The normalized spacial score (nSPS) is 12.8. The smallest absolute Gasteiger partial charge is 0.321 e. The lowest BCUT2D eigenvalue weighted by Crippen LogP contribution is -2.19. The van der Waals surface area contributed by atoms with Gasteiger partial charge in [0.1, 0.15) is 16.8 Å². The SMILES string of the molecule is Cc1nn(-c2cccc(C(F)(F)F)c2)c(Cl)c1/C=C(\C#N)C(=O)Nc1cc(C(F)(F)F)ccc1C(F)(F)F. The molecule has 0 saturated heterocycles. The first-order valence-electron chi connectivity index (χ1n) is 10.1. The van der Waals surface area contributed by atoms with E-state index in [1.54, 1.807) is 5.32 Å². The van der Waals surface area contributed by atoms with Crippen LogP contribution < -0.4 is 5.32 Å². The summed E-state index contributed by atoms with van der Waals surface area (Å²) in [6.45, 7) is 1.32. The number of carbonyl (C=O) groups is 1. The number of amides is 1. The van der Waals surface area contributed by atoms with Gasteiger partial charge in [-0.05, 0) is 49.4 Å². The van der Waals surface area contributed by atoms with Crippen molar-refractivity contribution in [2.24, 2.45) is 0 Å². The Bertz CT molecular complexity index is 1460. The minimum Gasteiger partial charge on any atom is -0.321 e. The quantitative estimate of drug-likeness (QED) is 0.203. The number of hydrogen-bond donors (Lipinski definition) is 1. The molecule has 0 aliphatic carbocycles. The van der Waals surface area contributed by atoms with Crippen molar-refractivity contribution in [1.82, 2.24) is 9.78 Å². The zero-order chi connectivity index (χ0) is 28.6. The highest BCUT2D eigenvalue weighted by molar-refractivity contribution is 6.31. The number of benzene rings is 2. The van der Waals surface area contributed by atoms with Gasteiger partial charge in [0.25, 0.3) is 5.91 Å². The van der Waals surface area contributed by atoms with Gasteiger partial charge >= 0.3 is 18.5 Å². The van der Waals surface area contributed by atoms with Crippen LogP contribution in [0.25, 0.3) is 11.8 Å². The van der Waals surface area contributed by atoms with Crippen LogP contribution in [0.2, 0.25) is 5.15 Å². The van der Waals surface area contributed by atoms with Crippen LogP contribution in [0, 0.1) is 18.3 Å². The third kappa shape index (κ3) is 6.10. The molecule has 1 aromatic heterocycles. The summed E-state index contributed by atoms with van der Waals surface area (Å²) in [5.41, 5.74) is -6.47. The summed E-state index contributed by atoms with van der Waals surface area (Å²) in [5.74, 6) is -1.50. The molecule has 2 aromatic carbocycles. The van der Waals surface area contributed by atoms with Crippen molar-refractivity contribution in [1.29, 1.82) is 5.26 Å². The van der Waals surface area contributed by atoms with Gasteiger partial charge in [-0.1, -0.05) is 17.7 Å². The number of anilines is 1. The summed E-state index contributed by atoms with van der Waals surface area (Å²) in [6, 6.07) is 5.66. The van der Waals surface area contributed by atoms with Gasteiger partial charge in [-0.15, -0.1) is 0 Å². The van der Waals surface area contributed by atoms with Gasteiger partial charge in [-0.2, -0.15) is 49.9 Å². The summed E-state index contributed by atoms with van der Waals surface area (Å²) < 4.78 is 119. The maximum atomic E-state index is 13.3. The Morgan fingerprint density at radius 3 is 2.13 bits per heavy atom. The van der Waals surface area contributed by atoms with Crippen LogP contribution in [0.15, 0.2) is 48.0 Å². The van der Waals surface area contributed by atoms with E-state index in [2.05, 4.69) is 5.10 Å². The van der Waals surface area contributed by atoms with Gasteiger partial charge in [-0.25, -0.2) is 4.68 Å². The van der Waals surface area contributed by atoms with Crippen LogP contribution in [0.5, 0.6) is 0 Å². The molecule has 0 radical (unpaired) electrons. The second-order valence-electron chi connectivity index (χ2n) is 7.63. The van der Waals surface area contributed by atoms with Crippen molar-refractivity contribution in [2.75, 3.05) is 5.32 Å². The van der Waals surface area contributed by atoms with Gasteiger partial charge in [0.2, 0.25) is 0 Å². The number of aryl methyl sites for hydroxylation is 1. The predicted octanol–water partition coefficient (Wildman–Crippen LogP) is 7.44. The molecule has 0 fully saturated rings. The third-order valence-electron chi connectivity index (χ3n) is 5.02. The van der Waals surface area contributed by atoms with Crippen LogP contribution in [0.1, 0.15) is 27.9 Å². The van der Waals surface area contributed by atoms with E-state index in [0.717, 1.165) is 29.0 Å². The van der Waals surface area contributed by atoms with E-state index < -0.39 is 52.4 Å². The van der Waals surface area contributed by atoms with Crippen LogP contribution in [-0.2, 0) is 23.3 Å². The Morgan fingerprint density at radius 2 is 1.58 bits per heavy atom. The van der Waals surface area contributed by atoms with E-state index in [0.29, 0.717) is 0 Å². The number of carbonyl (C=O) groups excluding carboxylic acids is 1. The average molecular weight is 567 g/mol. The molecule has 0 spiro atoms. The molecule has 5 nitrogen and oxygen atoms in total. The highest BCUT2D eigenvalue weighted by Gasteiger charge is 2.38. The van der Waals surface area contributed by atoms with Crippen molar-refractivity contribution in [2.45, 2.75) is 25.5 Å². The molecular formula is C23H12ClF9N4O. The highest BCUT2D eigenvalue weighted by atomic mass is 35.5. The zero-order valence-electron chi connectivity index (χ0n) is 18.6. The second-order valence-corrected chi connectivity index (χ2v) is 7.99. The standard InChI is InChI=1S/C23H12ClF9N4O/c1-11-16(19(24)37(36-11)15-4-2-3-13(8-15)21(25,26)27)7-12(10-34)20(38)35-18-9-14(22(28,29)30)5-6-17(18)23(31,32)33/h2-9H,1H3,(H,35,38)/b12-7+. The number of nitrogens with zero attached hydrogens (tertiary/aromatic N) is 3. The Balaban J connectivity index is 2.03. The number of aromatic nitrogens is 2. The second kappa shape index (κ2) is 10.1. The molecule has 0 aliphatic rings. The van der Waals surface area contributed by atoms with E-state index in [1.165, 1.54) is 19.1 Å². The molecule has 1 amide bonds. The number of nitriles is 1. The first-order chi connectivity index (χ1) is 17.4. The molecule has 38 heavy (non-hydrogen) atoms. The molecule has 1 heterocycles. The first-order valence-corrected chi connectivity index (χ1v) is 10.5. The topological polar surface area (TPSA) is 70.7 Å². The van der Waals surface area contributed by atoms with E-state index in [4.69, 9.17) is 11.6 Å². The van der Waals surface area contributed by atoms with Crippen LogP contribution in [-0.4, -0.2) is 15.7 Å². The van der Waals surface area contributed by atoms with E-state index in [9.17, 15) is 49.6 Å². The lowest BCUT2D eigenvalue weighted by atomic mass is 10.1. The third-order valence-corrected chi connectivity index (χ3v) is 5.38. The largest absolute Gasteiger partial charge is 0.418 e. The summed E-state index contributed by atoms with van der Waals surface area (Å²) in [6.07, 6.45) is -14.1. The highest BCUT2D eigenvalue weighted by Crippen LogP contribution is 2.39. The summed E-state index contributed by atoms with van der Waals surface area (Å²) in [5, 5.41) is 14.7. The molecule has 1 N–H and O–H groups in total. The molecule has 0 aliphatic heterocycles. The van der Waals surface area contributed by atoms with Crippen molar-refractivity contribution in [3.8, 4) is 11.8 Å². The fourth-order valence-corrected chi connectivity index (χ4v) is 3.54. The Labute approximate surface area is 212 Å². The molecule has 200 valence electrons. The number of alkyl halides is 9. The van der Waals surface area contributed by atoms with E-state index in [1.807, 2.05) is 0 Å². The molecular weight excluding hydrogens is 555 g/mol. The minimum absolute atomic E-state index is 0.0167. The van der Waals surface area contributed by atoms with Crippen molar-refractivity contribution in [3.63, 3.8) is 0 Å². The van der Waals surface area contributed by atoms with E-state index >= 15 is 0 Å². The number of halogens is 10. The first kappa shape index (κ1) is 28.6. The monoisotopic (exact) mass is 566 g/mol. The molecule has 3 aromatic rings. The molecule has 0 atom stereocenters. The van der Waals surface area contributed by atoms with Gasteiger partial charge in [0.15, 0.2) is 0 Å². The van der Waals surface area contributed by atoms with Gasteiger partial charge in [0, 0.05) is 5.56 Å². The van der Waals surface area contributed by atoms with Gasteiger partial charge in [0.05, 0.1) is 33.8 Å². The number of nitrogens with one attached hydrogen (secondary N) is 1. The Kier molecular flexibility index (Phi) is 7.56. The van der Waals surface area contributed by atoms with E-state index in [-0.39, 0.29) is 40.3 Å². The predicted molar refractivity (Wildman–Crippen MR) is 117 cm³/mol. The maximum absolute atomic E-state index is 13.3. The minimum atomic E-state index is -5.14. The van der Waals surface area contributed by atoms with Crippen LogP contribution in [0.3, 0.4) is 0 Å². The van der Waals surface area contributed by atoms with Crippen LogP contribution in [0.4, 0.5) is 45.2 Å². The average Bonchev–Trinajstić information content (AvgIpc) is 3.08. The zero-order valence-corrected chi connectivity index (χ0v) is 19.4. The molecule has 0 unspecified atom stereocenters. The van der Waals surface area contributed by atoms with Gasteiger partial charge in [-0.3, -0.25) is 4.79 Å². The van der Waals surface area contributed by atoms with Crippen molar-refractivity contribution >= 4 is 29.3 Å². The molecule has 0 saturated carbocycles. The summed E-state index contributed by atoms with van der Waals surface area (Å²) in [7, 11) is 0. The summed E-state index contributed by atoms with van der Waals surface area (Å²) in [4.78, 5) is 12.6. The Hall–Kier alpha value is -3.99. The maximum Gasteiger partial charge on any atom is 0.418 e. The number of rotatable bonds is 4. The van der Waals surface area contributed by atoms with Crippen molar-refractivity contribution in [3.05, 3.63) is 81.1 Å². The van der Waals surface area contributed by atoms with Gasteiger partial charge < -0.3 is 5.32 Å².